The summed E-state index contributed by atoms with van der Waals surface area (Å²) in [5.41, 5.74) is 1.67. The van der Waals surface area contributed by atoms with Crippen molar-refractivity contribution < 1.29 is 4.79 Å². The lowest BCUT2D eigenvalue weighted by atomic mass is 10.2. The molecule has 0 fully saturated rings. The van der Waals surface area contributed by atoms with Crippen molar-refractivity contribution >= 4 is 56.0 Å². The van der Waals surface area contributed by atoms with E-state index in [1.807, 2.05) is 18.4 Å². The van der Waals surface area contributed by atoms with Crippen LogP contribution < -0.4 is 0 Å². The molecule has 0 saturated carbocycles. The number of carbonyl (C=O) groups excluding carboxylic acids is 1. The molecule has 1 nitrogen and oxygen atoms in total. The van der Waals surface area contributed by atoms with E-state index < -0.39 is 0 Å². The molecule has 0 spiro atoms. The Bertz CT molecular complexity index is 496. The molecule has 0 unspecified atom stereocenters. The Morgan fingerprint density at radius 1 is 1.53 bits per heavy atom. The van der Waals surface area contributed by atoms with E-state index in [0.29, 0.717) is 9.90 Å². The van der Waals surface area contributed by atoms with Gasteiger partial charge in [-0.3, -0.25) is 4.79 Å². The molecular formula is C10H6BrClOS2. The fourth-order valence-corrected chi connectivity index (χ4v) is 3.56. The molecule has 2 aromatic heterocycles. The third-order valence-electron chi connectivity index (χ3n) is 1.94. The first-order chi connectivity index (χ1) is 7.09. The van der Waals surface area contributed by atoms with E-state index in [-0.39, 0.29) is 5.78 Å². The number of carbonyl (C=O) groups is 1. The number of halogens is 2. The Morgan fingerprint density at radius 3 is 2.73 bits per heavy atom. The van der Waals surface area contributed by atoms with E-state index in [2.05, 4.69) is 15.9 Å². The van der Waals surface area contributed by atoms with Crippen molar-refractivity contribution in [2.75, 3.05) is 0 Å². The summed E-state index contributed by atoms with van der Waals surface area (Å²) in [4.78, 5) is 12.7. The molecule has 2 rings (SSSR count). The molecule has 0 aliphatic heterocycles. The van der Waals surface area contributed by atoms with Crippen LogP contribution in [0.1, 0.15) is 20.8 Å². The Labute approximate surface area is 109 Å². The molecule has 0 N–H and O–H groups in total. The van der Waals surface area contributed by atoms with E-state index in [4.69, 9.17) is 11.6 Å². The highest BCUT2D eigenvalue weighted by Crippen LogP contribution is 2.31. The van der Waals surface area contributed by atoms with Gasteiger partial charge in [-0.2, -0.15) is 0 Å². The maximum Gasteiger partial charge on any atom is 0.205 e. The molecule has 0 aromatic carbocycles. The largest absolute Gasteiger partial charge is 0.288 e. The van der Waals surface area contributed by atoms with Gasteiger partial charge in [-0.15, -0.1) is 22.7 Å². The summed E-state index contributed by atoms with van der Waals surface area (Å²) in [5, 5.41) is 1.82. The van der Waals surface area contributed by atoms with Crippen LogP contribution in [-0.2, 0) is 0 Å². The third-order valence-corrected chi connectivity index (χ3v) is 5.25. The van der Waals surface area contributed by atoms with E-state index >= 15 is 0 Å². The van der Waals surface area contributed by atoms with Gasteiger partial charge in [-0.25, -0.2) is 0 Å². The molecule has 0 saturated heterocycles. The second kappa shape index (κ2) is 4.37. The summed E-state index contributed by atoms with van der Waals surface area (Å²) in [6.45, 7) is 1.96. The lowest BCUT2D eigenvalue weighted by Gasteiger charge is -1.93. The van der Waals surface area contributed by atoms with Crippen molar-refractivity contribution in [3.8, 4) is 0 Å². The Kier molecular flexibility index (Phi) is 3.30. The van der Waals surface area contributed by atoms with Gasteiger partial charge in [-0.1, -0.05) is 11.6 Å². The molecule has 78 valence electrons. The monoisotopic (exact) mass is 320 g/mol. The zero-order chi connectivity index (χ0) is 11.0. The van der Waals surface area contributed by atoms with Gasteiger partial charge < -0.3 is 0 Å². The fourth-order valence-electron chi connectivity index (χ4n) is 1.16. The SMILES string of the molecule is Cc1cc(C(=O)c2ccsc2Cl)sc1Br. The maximum atomic E-state index is 12.0. The fraction of sp³-hybridized carbons (Fsp3) is 0.100. The van der Waals surface area contributed by atoms with Crippen LogP contribution in [0, 0.1) is 6.92 Å². The number of aryl methyl sites for hydroxylation is 1. The van der Waals surface area contributed by atoms with Gasteiger partial charge in [0.2, 0.25) is 5.78 Å². The van der Waals surface area contributed by atoms with Crippen molar-refractivity contribution in [1.29, 1.82) is 0 Å². The second-order valence-electron chi connectivity index (χ2n) is 3.00. The topological polar surface area (TPSA) is 17.1 Å². The first-order valence-electron chi connectivity index (χ1n) is 4.13. The molecule has 0 atom stereocenters. The average Bonchev–Trinajstić information content (AvgIpc) is 2.74. The standard InChI is InChI=1S/C10H6BrClOS2/c1-5-4-7(15-9(5)11)8(13)6-2-3-14-10(6)12/h2-4H,1H3. The second-order valence-corrected chi connectivity index (χ2v) is 6.89. The highest BCUT2D eigenvalue weighted by atomic mass is 79.9. The quantitative estimate of drug-likeness (QED) is 0.729. The van der Waals surface area contributed by atoms with Gasteiger partial charge in [0.1, 0.15) is 4.34 Å². The van der Waals surface area contributed by atoms with E-state index in [9.17, 15) is 4.79 Å². The number of hydrogen-bond acceptors (Lipinski definition) is 3. The number of hydrogen-bond donors (Lipinski definition) is 0. The molecule has 5 heteroatoms. The highest BCUT2D eigenvalue weighted by Gasteiger charge is 2.16. The Balaban J connectivity index is 2.41. The van der Waals surface area contributed by atoms with Gasteiger partial charge in [0.25, 0.3) is 0 Å². The molecule has 0 aliphatic rings. The molecule has 2 heterocycles. The van der Waals surface area contributed by atoms with Gasteiger partial charge in [-0.05, 0) is 45.9 Å². The number of thiophene rings is 2. The first kappa shape index (κ1) is 11.3. The molecule has 0 amide bonds. The van der Waals surface area contributed by atoms with Gasteiger partial charge in [0.15, 0.2) is 0 Å². The number of ketones is 1. The van der Waals surface area contributed by atoms with Gasteiger partial charge in [0, 0.05) is 0 Å². The summed E-state index contributed by atoms with van der Waals surface area (Å²) in [5.74, 6) is 0.0000463. The zero-order valence-corrected chi connectivity index (χ0v) is 11.7. The van der Waals surface area contributed by atoms with Crippen molar-refractivity contribution in [2.45, 2.75) is 6.92 Å². The predicted octanol–water partition coefficient (Wildman–Crippen LogP) is 4.76. The minimum absolute atomic E-state index is 0.0000463. The smallest absolute Gasteiger partial charge is 0.205 e. The van der Waals surface area contributed by atoms with Crippen molar-refractivity contribution in [2.24, 2.45) is 0 Å². The van der Waals surface area contributed by atoms with Crippen LogP contribution in [0.3, 0.4) is 0 Å². The van der Waals surface area contributed by atoms with Crippen LogP contribution in [-0.4, -0.2) is 5.78 Å². The molecule has 2 aromatic rings. The van der Waals surface area contributed by atoms with Crippen LogP contribution in [0.25, 0.3) is 0 Å². The summed E-state index contributed by atoms with van der Waals surface area (Å²) in [6.07, 6.45) is 0. The Morgan fingerprint density at radius 2 is 2.27 bits per heavy atom. The maximum absolute atomic E-state index is 12.0. The summed E-state index contributed by atoms with van der Waals surface area (Å²) >= 11 is 12.1. The minimum atomic E-state index is 0.0000463. The van der Waals surface area contributed by atoms with Crippen LogP contribution in [0.4, 0.5) is 0 Å². The summed E-state index contributed by atoms with van der Waals surface area (Å²) in [7, 11) is 0. The molecule has 15 heavy (non-hydrogen) atoms. The summed E-state index contributed by atoms with van der Waals surface area (Å²) in [6, 6.07) is 3.64. The molecule has 0 radical (unpaired) electrons. The number of rotatable bonds is 2. The minimum Gasteiger partial charge on any atom is -0.288 e. The van der Waals surface area contributed by atoms with Crippen LogP contribution >= 0.6 is 50.2 Å². The Hall–Kier alpha value is -0.160. The molecular weight excluding hydrogens is 316 g/mol. The van der Waals surface area contributed by atoms with Gasteiger partial charge >= 0.3 is 0 Å². The van der Waals surface area contributed by atoms with E-state index in [1.54, 1.807) is 6.07 Å². The van der Waals surface area contributed by atoms with Crippen molar-refractivity contribution in [3.63, 3.8) is 0 Å². The van der Waals surface area contributed by atoms with Crippen LogP contribution in [0.5, 0.6) is 0 Å². The molecule has 0 bridgehead atoms. The lowest BCUT2D eigenvalue weighted by Crippen LogP contribution is -1.96. The van der Waals surface area contributed by atoms with Gasteiger partial charge in [0.05, 0.1) is 14.2 Å². The average molecular weight is 322 g/mol. The van der Waals surface area contributed by atoms with E-state index in [1.165, 1.54) is 22.7 Å². The van der Waals surface area contributed by atoms with Crippen LogP contribution in [0.2, 0.25) is 4.34 Å². The van der Waals surface area contributed by atoms with E-state index in [0.717, 1.165) is 14.2 Å². The lowest BCUT2D eigenvalue weighted by molar-refractivity contribution is 0.104. The van der Waals surface area contributed by atoms with Crippen molar-refractivity contribution in [1.82, 2.24) is 0 Å². The van der Waals surface area contributed by atoms with Crippen LogP contribution in [0.15, 0.2) is 21.3 Å². The summed E-state index contributed by atoms with van der Waals surface area (Å²) < 4.78 is 1.55. The normalized spacial score (nSPS) is 10.6. The van der Waals surface area contributed by atoms with Crippen molar-refractivity contribution in [3.05, 3.63) is 41.6 Å². The predicted molar refractivity (Wildman–Crippen MR) is 69.5 cm³/mol. The first-order valence-corrected chi connectivity index (χ1v) is 7.00. The highest BCUT2D eigenvalue weighted by molar-refractivity contribution is 9.11. The zero-order valence-electron chi connectivity index (χ0n) is 7.71. The molecule has 0 aliphatic carbocycles. The third kappa shape index (κ3) is 2.18.